The number of aromatic nitrogens is 3. The van der Waals surface area contributed by atoms with Crippen molar-refractivity contribution in [2.75, 3.05) is 0 Å². The molecule has 0 amide bonds. The number of aliphatic carboxylic acids is 1. The van der Waals surface area contributed by atoms with E-state index in [0.29, 0.717) is 23.4 Å². The second-order valence-electron chi connectivity index (χ2n) is 7.80. The number of H-pyrrole nitrogens is 1. The minimum atomic E-state index is -1.57. The van der Waals surface area contributed by atoms with Crippen LogP contribution in [-0.4, -0.2) is 26.0 Å². The van der Waals surface area contributed by atoms with Crippen LogP contribution < -0.4 is 0 Å². The highest BCUT2D eigenvalue weighted by atomic mass is 35.5. The molecule has 2 aromatic heterocycles. The van der Waals surface area contributed by atoms with Crippen molar-refractivity contribution in [1.29, 1.82) is 0 Å². The molecule has 0 saturated carbocycles. The van der Waals surface area contributed by atoms with Gasteiger partial charge in [0, 0.05) is 11.9 Å². The summed E-state index contributed by atoms with van der Waals surface area (Å²) in [4.78, 5) is 24.4. The zero-order chi connectivity index (χ0) is 20.5. The number of benzene rings is 1. The third-order valence-corrected chi connectivity index (χ3v) is 5.46. The van der Waals surface area contributed by atoms with E-state index >= 15 is 0 Å². The fourth-order valence-corrected chi connectivity index (χ4v) is 3.83. The number of carboxylic acids is 1. The summed E-state index contributed by atoms with van der Waals surface area (Å²) in [7, 11) is 0. The number of halogens is 1. The number of carboxylic acid groups (broad SMARTS) is 1. The Morgan fingerprint density at radius 1 is 1.11 bits per heavy atom. The topological polar surface area (TPSA) is 78.9 Å². The summed E-state index contributed by atoms with van der Waals surface area (Å²) in [5.74, 6) is -1.05. The Balaban J connectivity index is 2.35. The molecule has 3 aromatic rings. The van der Waals surface area contributed by atoms with Gasteiger partial charge in [0.05, 0.1) is 16.4 Å². The SMILES string of the molecule is CCc1ncnc(C(C(=O)O)(c2ccc(C(C)(C)C)cc2)c2ccc[nH]2)c1Cl. The molecule has 2 heterocycles. The maximum absolute atomic E-state index is 12.8. The third-order valence-electron chi connectivity index (χ3n) is 5.06. The van der Waals surface area contributed by atoms with Crippen LogP contribution in [0.2, 0.25) is 5.02 Å². The van der Waals surface area contributed by atoms with Gasteiger partial charge in [0.25, 0.3) is 0 Å². The molecule has 0 aliphatic carbocycles. The monoisotopic (exact) mass is 397 g/mol. The van der Waals surface area contributed by atoms with Gasteiger partial charge in [-0.1, -0.05) is 63.6 Å². The number of hydrogen-bond acceptors (Lipinski definition) is 3. The molecule has 0 saturated heterocycles. The normalized spacial score (nSPS) is 13.9. The summed E-state index contributed by atoms with van der Waals surface area (Å²) in [6.45, 7) is 8.28. The molecule has 6 heteroatoms. The lowest BCUT2D eigenvalue weighted by Crippen LogP contribution is -2.40. The maximum Gasteiger partial charge on any atom is 0.326 e. The second-order valence-corrected chi connectivity index (χ2v) is 8.18. The van der Waals surface area contributed by atoms with Gasteiger partial charge in [-0.2, -0.15) is 0 Å². The van der Waals surface area contributed by atoms with E-state index < -0.39 is 11.4 Å². The Bertz CT molecular complexity index is 976. The molecule has 1 unspecified atom stereocenters. The molecular weight excluding hydrogens is 374 g/mol. The first-order chi connectivity index (χ1) is 13.2. The fourth-order valence-electron chi connectivity index (χ4n) is 3.46. The van der Waals surface area contributed by atoms with E-state index in [-0.39, 0.29) is 16.1 Å². The molecule has 0 aliphatic rings. The molecule has 0 radical (unpaired) electrons. The molecule has 5 nitrogen and oxygen atoms in total. The van der Waals surface area contributed by atoms with Crippen LogP contribution in [0.1, 0.15) is 55.9 Å². The van der Waals surface area contributed by atoms with Crippen molar-refractivity contribution >= 4 is 17.6 Å². The quantitative estimate of drug-likeness (QED) is 0.651. The van der Waals surface area contributed by atoms with Crippen molar-refractivity contribution in [3.8, 4) is 0 Å². The molecular formula is C22H24ClN3O2. The van der Waals surface area contributed by atoms with E-state index in [9.17, 15) is 9.90 Å². The smallest absolute Gasteiger partial charge is 0.326 e. The largest absolute Gasteiger partial charge is 0.480 e. The first-order valence-corrected chi connectivity index (χ1v) is 9.58. The number of nitrogens with zero attached hydrogens (tertiary/aromatic N) is 2. The van der Waals surface area contributed by atoms with Crippen LogP contribution in [0.5, 0.6) is 0 Å². The molecule has 0 spiro atoms. The second kappa shape index (κ2) is 7.40. The van der Waals surface area contributed by atoms with Crippen molar-refractivity contribution in [2.45, 2.75) is 44.9 Å². The molecule has 1 aromatic carbocycles. The van der Waals surface area contributed by atoms with Gasteiger partial charge in [0.2, 0.25) is 0 Å². The van der Waals surface area contributed by atoms with Crippen LogP contribution in [-0.2, 0) is 22.0 Å². The van der Waals surface area contributed by atoms with Gasteiger partial charge in [-0.05, 0) is 35.1 Å². The van der Waals surface area contributed by atoms with Gasteiger partial charge in [0.15, 0.2) is 5.41 Å². The van der Waals surface area contributed by atoms with Crippen LogP contribution >= 0.6 is 11.6 Å². The van der Waals surface area contributed by atoms with E-state index in [1.165, 1.54) is 6.33 Å². The first kappa shape index (κ1) is 20.1. The van der Waals surface area contributed by atoms with E-state index in [2.05, 4.69) is 35.7 Å². The number of carbonyl (C=O) groups is 1. The predicted octanol–water partition coefficient (Wildman–Crippen LogP) is 4.74. The number of hydrogen-bond donors (Lipinski definition) is 2. The average Bonchev–Trinajstić information content (AvgIpc) is 3.18. The summed E-state index contributed by atoms with van der Waals surface area (Å²) in [5.41, 5.74) is 1.46. The molecule has 3 rings (SSSR count). The van der Waals surface area contributed by atoms with E-state index in [1.807, 2.05) is 31.2 Å². The van der Waals surface area contributed by atoms with E-state index in [4.69, 9.17) is 11.6 Å². The van der Waals surface area contributed by atoms with Crippen LogP contribution in [0.3, 0.4) is 0 Å². The zero-order valence-corrected chi connectivity index (χ0v) is 17.2. The Morgan fingerprint density at radius 2 is 1.75 bits per heavy atom. The minimum absolute atomic E-state index is 0.0429. The Morgan fingerprint density at radius 3 is 2.25 bits per heavy atom. The predicted molar refractivity (Wildman–Crippen MR) is 110 cm³/mol. The first-order valence-electron chi connectivity index (χ1n) is 9.21. The molecule has 0 fully saturated rings. The lowest BCUT2D eigenvalue weighted by molar-refractivity contribution is -0.140. The Labute approximate surface area is 169 Å². The summed E-state index contributed by atoms with van der Waals surface area (Å²) in [6.07, 6.45) is 3.66. The number of nitrogens with one attached hydrogen (secondary N) is 1. The fraction of sp³-hybridized carbons (Fsp3) is 0.318. The van der Waals surface area contributed by atoms with Gasteiger partial charge in [-0.3, -0.25) is 4.79 Å². The summed E-state index contributed by atoms with van der Waals surface area (Å²) in [6, 6.07) is 11.1. The Kier molecular flexibility index (Phi) is 5.31. The molecule has 0 bridgehead atoms. The van der Waals surface area contributed by atoms with Gasteiger partial charge in [-0.25, -0.2) is 9.97 Å². The van der Waals surface area contributed by atoms with Gasteiger partial charge in [0.1, 0.15) is 6.33 Å². The highest BCUT2D eigenvalue weighted by Gasteiger charge is 2.48. The van der Waals surface area contributed by atoms with Crippen LogP contribution in [0.15, 0.2) is 48.9 Å². The molecule has 2 N–H and O–H groups in total. The summed E-state index contributed by atoms with van der Waals surface area (Å²) >= 11 is 6.61. The molecule has 0 aliphatic heterocycles. The van der Waals surface area contributed by atoms with Crippen molar-refractivity contribution in [2.24, 2.45) is 0 Å². The summed E-state index contributed by atoms with van der Waals surface area (Å²) in [5, 5.41) is 10.8. The van der Waals surface area contributed by atoms with Crippen LogP contribution in [0.4, 0.5) is 0 Å². The number of aromatic amines is 1. The van der Waals surface area contributed by atoms with Crippen molar-refractivity contribution in [1.82, 2.24) is 15.0 Å². The minimum Gasteiger partial charge on any atom is -0.480 e. The molecule has 146 valence electrons. The maximum atomic E-state index is 12.8. The number of rotatable bonds is 5. The lowest BCUT2D eigenvalue weighted by atomic mass is 9.73. The highest BCUT2D eigenvalue weighted by molar-refractivity contribution is 6.32. The van der Waals surface area contributed by atoms with E-state index in [0.717, 1.165) is 5.56 Å². The van der Waals surface area contributed by atoms with Crippen LogP contribution in [0, 0.1) is 0 Å². The summed E-state index contributed by atoms with van der Waals surface area (Å²) < 4.78 is 0. The van der Waals surface area contributed by atoms with Gasteiger partial charge < -0.3 is 10.1 Å². The zero-order valence-electron chi connectivity index (χ0n) is 16.5. The molecule has 28 heavy (non-hydrogen) atoms. The molecule has 1 atom stereocenters. The van der Waals surface area contributed by atoms with Crippen molar-refractivity contribution in [3.05, 3.63) is 82.2 Å². The standard InChI is InChI=1S/C22H24ClN3O2/c1-5-16-18(23)19(26-13-25-16)22(20(27)28,17-7-6-12-24-17)15-10-8-14(9-11-15)21(2,3)4/h6-13,24H,5H2,1-4H3,(H,27,28). The lowest BCUT2D eigenvalue weighted by Gasteiger charge is -2.30. The third kappa shape index (κ3) is 3.20. The average molecular weight is 398 g/mol. The van der Waals surface area contributed by atoms with Gasteiger partial charge >= 0.3 is 5.97 Å². The van der Waals surface area contributed by atoms with Crippen molar-refractivity contribution < 1.29 is 9.90 Å². The van der Waals surface area contributed by atoms with E-state index in [1.54, 1.807) is 18.3 Å². The number of aryl methyl sites for hydroxylation is 1. The Hall–Kier alpha value is -2.66. The van der Waals surface area contributed by atoms with Gasteiger partial charge in [-0.15, -0.1) is 0 Å². The van der Waals surface area contributed by atoms with Crippen LogP contribution in [0.25, 0.3) is 0 Å². The highest BCUT2D eigenvalue weighted by Crippen LogP contribution is 2.42. The van der Waals surface area contributed by atoms with Crippen molar-refractivity contribution in [3.63, 3.8) is 0 Å².